The number of hydrogen-bond acceptors (Lipinski definition) is 7. The van der Waals surface area contributed by atoms with E-state index < -0.39 is 23.8 Å². The van der Waals surface area contributed by atoms with Gasteiger partial charge < -0.3 is 25.6 Å². The molecule has 1 fully saturated rings. The second-order valence-electron chi connectivity index (χ2n) is 12.8. The van der Waals surface area contributed by atoms with Crippen molar-refractivity contribution in [3.63, 3.8) is 0 Å². The van der Waals surface area contributed by atoms with E-state index in [1.54, 1.807) is 25.7 Å². The second kappa shape index (κ2) is 14.6. The maximum atomic E-state index is 14.3. The van der Waals surface area contributed by atoms with Gasteiger partial charge in [0, 0.05) is 19.1 Å². The van der Waals surface area contributed by atoms with Crippen molar-refractivity contribution in [1.29, 1.82) is 0 Å². The SMILES string of the molecule is CC(NC(=O)[C@@H]1C[C@H](NCc2ccccc2)CN1C(=O)[C@@H](CCc1ccccc1)NC(=O)OC(C)(C)C)c1ccc2n[nH]nc2c1. The van der Waals surface area contributed by atoms with Crippen molar-refractivity contribution in [2.24, 2.45) is 0 Å². The Bertz CT molecular complexity index is 1620. The second-order valence-corrected chi connectivity index (χ2v) is 12.8. The molecule has 4 aromatic rings. The Morgan fingerprint density at radius 1 is 0.935 bits per heavy atom. The van der Waals surface area contributed by atoms with Gasteiger partial charge in [0.05, 0.1) is 6.04 Å². The van der Waals surface area contributed by atoms with Gasteiger partial charge in [0.15, 0.2) is 0 Å². The lowest BCUT2D eigenvalue weighted by molar-refractivity contribution is -0.140. The fraction of sp³-hybridized carbons (Fsp3) is 0.400. The van der Waals surface area contributed by atoms with Gasteiger partial charge in [0.2, 0.25) is 11.8 Å². The molecule has 0 saturated carbocycles. The van der Waals surface area contributed by atoms with Crippen LogP contribution in [-0.2, 0) is 27.3 Å². The van der Waals surface area contributed by atoms with Crippen LogP contribution in [0.15, 0.2) is 78.9 Å². The molecule has 2 heterocycles. The Balaban J connectivity index is 1.35. The van der Waals surface area contributed by atoms with Crippen molar-refractivity contribution in [1.82, 2.24) is 36.3 Å². The van der Waals surface area contributed by atoms with Crippen LogP contribution in [-0.4, -0.2) is 68.5 Å². The van der Waals surface area contributed by atoms with Crippen LogP contribution in [0.25, 0.3) is 11.0 Å². The lowest BCUT2D eigenvalue weighted by atomic mass is 10.0. The van der Waals surface area contributed by atoms with Crippen LogP contribution in [0.4, 0.5) is 4.79 Å². The summed E-state index contributed by atoms with van der Waals surface area (Å²) in [5, 5.41) is 20.3. The monoisotopic (exact) mass is 625 g/mol. The third kappa shape index (κ3) is 8.69. The molecular formula is C35H43N7O4. The first-order valence-electron chi connectivity index (χ1n) is 15.8. The van der Waals surface area contributed by atoms with Gasteiger partial charge in [0.25, 0.3) is 0 Å². The van der Waals surface area contributed by atoms with Crippen LogP contribution in [0.2, 0.25) is 0 Å². The summed E-state index contributed by atoms with van der Waals surface area (Å²) in [7, 11) is 0. The van der Waals surface area contributed by atoms with Crippen LogP contribution >= 0.6 is 0 Å². The maximum Gasteiger partial charge on any atom is 0.408 e. The number of rotatable bonds is 11. The standard InChI is InChI=1S/C35H43N7O4/c1-23(26-16-18-28-30(19-26)40-41-39-28)37-32(43)31-20-27(36-21-25-13-9-6-10-14-25)22-42(31)33(44)29(38-34(45)46-35(2,3)4)17-15-24-11-7-5-8-12-24/h5-14,16,18-19,23,27,29,31,36H,15,17,20-22H2,1-4H3,(H,37,43)(H,38,45)(H,39,40,41)/t23?,27-,29+,31-/m0/s1. The Morgan fingerprint density at radius 3 is 2.30 bits per heavy atom. The number of carbonyl (C=O) groups excluding carboxylic acids is 3. The summed E-state index contributed by atoms with van der Waals surface area (Å²) < 4.78 is 5.52. The average molecular weight is 626 g/mol. The van der Waals surface area contributed by atoms with E-state index in [4.69, 9.17) is 4.74 Å². The number of aryl methyl sites for hydroxylation is 1. The van der Waals surface area contributed by atoms with Crippen molar-refractivity contribution in [2.45, 2.75) is 83.3 Å². The molecule has 1 aromatic heterocycles. The Labute approximate surface area is 269 Å². The van der Waals surface area contributed by atoms with E-state index in [0.29, 0.717) is 37.9 Å². The molecular weight excluding hydrogens is 582 g/mol. The molecule has 5 rings (SSSR count). The first-order chi connectivity index (χ1) is 22.1. The van der Waals surface area contributed by atoms with Crippen LogP contribution in [0, 0.1) is 0 Å². The fourth-order valence-corrected chi connectivity index (χ4v) is 5.72. The Hall–Kier alpha value is -4.77. The Kier molecular flexibility index (Phi) is 10.3. The summed E-state index contributed by atoms with van der Waals surface area (Å²) in [5.74, 6) is -0.577. The number of amides is 3. The minimum atomic E-state index is -0.884. The summed E-state index contributed by atoms with van der Waals surface area (Å²) in [6.45, 7) is 8.15. The number of H-pyrrole nitrogens is 1. The highest BCUT2D eigenvalue weighted by atomic mass is 16.6. The molecule has 46 heavy (non-hydrogen) atoms. The predicted molar refractivity (Wildman–Crippen MR) is 176 cm³/mol. The lowest BCUT2D eigenvalue weighted by Crippen LogP contribution is -2.54. The largest absolute Gasteiger partial charge is 0.444 e. The summed E-state index contributed by atoms with van der Waals surface area (Å²) in [4.78, 5) is 42.7. The van der Waals surface area contributed by atoms with E-state index in [9.17, 15) is 14.4 Å². The molecule has 4 N–H and O–H groups in total. The fourth-order valence-electron chi connectivity index (χ4n) is 5.72. The number of fused-ring (bicyclic) bond motifs is 1. The summed E-state index contributed by atoms with van der Waals surface area (Å²) >= 11 is 0. The van der Waals surface area contributed by atoms with Gasteiger partial charge in [-0.15, -0.1) is 0 Å². The van der Waals surface area contributed by atoms with Crippen LogP contribution in [0.3, 0.4) is 0 Å². The number of likely N-dealkylation sites (tertiary alicyclic amines) is 1. The Morgan fingerprint density at radius 2 is 1.61 bits per heavy atom. The number of carbonyl (C=O) groups is 3. The van der Waals surface area contributed by atoms with E-state index in [0.717, 1.165) is 22.2 Å². The van der Waals surface area contributed by atoms with E-state index in [2.05, 4.69) is 31.4 Å². The van der Waals surface area contributed by atoms with Crippen LogP contribution in [0.1, 0.15) is 63.3 Å². The van der Waals surface area contributed by atoms with E-state index in [-0.39, 0.29) is 23.9 Å². The number of nitrogens with zero attached hydrogens (tertiary/aromatic N) is 3. The molecule has 0 spiro atoms. The van der Waals surface area contributed by atoms with Gasteiger partial charge in [-0.25, -0.2) is 4.79 Å². The number of nitrogens with one attached hydrogen (secondary N) is 4. The summed E-state index contributed by atoms with van der Waals surface area (Å²) in [6, 6.07) is 23.4. The molecule has 4 atom stereocenters. The molecule has 1 aliphatic heterocycles. The smallest absolute Gasteiger partial charge is 0.408 e. The highest BCUT2D eigenvalue weighted by molar-refractivity contribution is 5.92. The number of alkyl carbamates (subject to hydrolysis) is 1. The van der Waals surface area contributed by atoms with Crippen molar-refractivity contribution in [2.75, 3.05) is 6.54 Å². The minimum Gasteiger partial charge on any atom is -0.444 e. The first-order valence-corrected chi connectivity index (χ1v) is 15.8. The average Bonchev–Trinajstić information content (AvgIpc) is 3.69. The normalized spacial score (nSPS) is 17.8. The minimum absolute atomic E-state index is 0.127. The zero-order valence-corrected chi connectivity index (χ0v) is 26.8. The molecule has 0 aliphatic carbocycles. The molecule has 3 amide bonds. The molecule has 3 aromatic carbocycles. The molecule has 0 bridgehead atoms. The number of hydrogen-bond donors (Lipinski definition) is 4. The zero-order valence-electron chi connectivity index (χ0n) is 26.8. The van der Waals surface area contributed by atoms with Gasteiger partial charge in [-0.05, 0) is 75.8 Å². The number of aromatic amines is 1. The molecule has 242 valence electrons. The van der Waals surface area contributed by atoms with Gasteiger partial charge in [-0.2, -0.15) is 15.4 Å². The summed E-state index contributed by atoms with van der Waals surface area (Å²) in [6.07, 6.45) is 0.671. The van der Waals surface area contributed by atoms with Gasteiger partial charge >= 0.3 is 6.09 Å². The molecule has 1 aliphatic rings. The predicted octanol–water partition coefficient (Wildman–Crippen LogP) is 4.42. The number of aromatic nitrogens is 3. The topological polar surface area (TPSA) is 141 Å². The van der Waals surface area contributed by atoms with Crippen LogP contribution < -0.4 is 16.0 Å². The first kappa shape index (κ1) is 32.6. The molecule has 1 saturated heterocycles. The van der Waals surface area contributed by atoms with Crippen molar-refractivity contribution in [3.8, 4) is 0 Å². The highest BCUT2D eigenvalue weighted by Crippen LogP contribution is 2.24. The van der Waals surface area contributed by atoms with Crippen molar-refractivity contribution in [3.05, 3.63) is 95.6 Å². The number of benzene rings is 3. The third-order valence-corrected chi connectivity index (χ3v) is 8.08. The van der Waals surface area contributed by atoms with Crippen molar-refractivity contribution >= 4 is 28.9 Å². The molecule has 11 heteroatoms. The highest BCUT2D eigenvalue weighted by Gasteiger charge is 2.42. The van der Waals surface area contributed by atoms with Crippen LogP contribution in [0.5, 0.6) is 0 Å². The van der Waals surface area contributed by atoms with E-state index in [1.165, 1.54) is 0 Å². The molecule has 0 radical (unpaired) electrons. The molecule has 11 nitrogen and oxygen atoms in total. The summed E-state index contributed by atoms with van der Waals surface area (Å²) in [5.41, 5.74) is 3.73. The quantitative estimate of drug-likeness (QED) is 0.193. The van der Waals surface area contributed by atoms with Gasteiger partial charge in [0.1, 0.15) is 28.7 Å². The zero-order chi connectivity index (χ0) is 32.7. The number of ether oxygens (including phenoxy) is 1. The lowest BCUT2D eigenvalue weighted by Gasteiger charge is -2.30. The maximum absolute atomic E-state index is 14.3. The van der Waals surface area contributed by atoms with Gasteiger partial charge in [-0.1, -0.05) is 66.7 Å². The van der Waals surface area contributed by atoms with Crippen molar-refractivity contribution < 1.29 is 19.1 Å². The van der Waals surface area contributed by atoms with E-state index in [1.807, 2.05) is 85.8 Å². The third-order valence-electron chi connectivity index (χ3n) is 8.08. The van der Waals surface area contributed by atoms with Gasteiger partial charge in [-0.3, -0.25) is 9.59 Å². The van der Waals surface area contributed by atoms with E-state index >= 15 is 0 Å². The molecule has 1 unspecified atom stereocenters.